The lowest BCUT2D eigenvalue weighted by Gasteiger charge is -2.11. The molecule has 1 aromatic heterocycles. The van der Waals surface area contributed by atoms with E-state index in [9.17, 15) is 0 Å². The van der Waals surface area contributed by atoms with Crippen LogP contribution in [0.25, 0.3) is 0 Å². The molecule has 138 valence electrons. The predicted octanol–water partition coefficient (Wildman–Crippen LogP) is 3.25. The Bertz CT molecular complexity index is 619. The van der Waals surface area contributed by atoms with E-state index in [4.69, 9.17) is 4.74 Å². The molecule has 0 aliphatic heterocycles. The number of benzene rings is 1. The Balaban J connectivity index is 0.00000312. The van der Waals surface area contributed by atoms with Crippen molar-refractivity contribution in [3.63, 3.8) is 0 Å². The molecule has 0 amide bonds. The van der Waals surface area contributed by atoms with Gasteiger partial charge in [0.2, 0.25) is 0 Å². The number of rotatable bonds is 9. The summed E-state index contributed by atoms with van der Waals surface area (Å²) in [5.74, 6) is 0.797. The van der Waals surface area contributed by atoms with Gasteiger partial charge >= 0.3 is 0 Å². The molecule has 0 radical (unpaired) electrons. The van der Waals surface area contributed by atoms with Crippen LogP contribution in [-0.4, -0.2) is 37.7 Å². The summed E-state index contributed by atoms with van der Waals surface area (Å²) in [6.45, 7) is 4.98. The van der Waals surface area contributed by atoms with E-state index in [-0.39, 0.29) is 24.0 Å². The first-order valence-corrected chi connectivity index (χ1v) is 9.13. The summed E-state index contributed by atoms with van der Waals surface area (Å²) in [6, 6.07) is 10.2. The molecule has 0 atom stereocenters. The third-order valence-electron chi connectivity index (χ3n) is 3.46. The maximum Gasteiger partial charge on any atom is 0.191 e. The number of halogens is 1. The Hall–Kier alpha value is -1.19. The van der Waals surface area contributed by atoms with Crippen molar-refractivity contribution in [3.05, 3.63) is 52.0 Å². The van der Waals surface area contributed by atoms with E-state index in [1.807, 2.05) is 24.4 Å². The van der Waals surface area contributed by atoms with E-state index in [0.29, 0.717) is 13.2 Å². The Morgan fingerprint density at radius 2 is 1.96 bits per heavy atom. The monoisotopic (exact) mass is 474 g/mol. The van der Waals surface area contributed by atoms with Crippen LogP contribution < -0.4 is 10.6 Å². The first-order valence-electron chi connectivity index (χ1n) is 8.31. The number of nitrogens with zero attached hydrogens (tertiary/aromatic N) is 2. The van der Waals surface area contributed by atoms with Crippen LogP contribution in [-0.2, 0) is 24.2 Å². The molecule has 1 heterocycles. The maximum absolute atomic E-state index is 5.65. The van der Waals surface area contributed by atoms with Crippen LogP contribution in [0.3, 0.4) is 0 Å². The highest BCUT2D eigenvalue weighted by molar-refractivity contribution is 14.0. The fraction of sp³-hybridized carbons (Fsp3) is 0.444. The summed E-state index contributed by atoms with van der Waals surface area (Å²) in [4.78, 5) is 9.98. The van der Waals surface area contributed by atoms with Gasteiger partial charge in [0, 0.05) is 37.6 Å². The molecule has 5 nitrogen and oxygen atoms in total. The molecule has 2 N–H and O–H groups in total. The molecule has 0 aliphatic carbocycles. The summed E-state index contributed by atoms with van der Waals surface area (Å²) in [7, 11) is 1.78. The van der Waals surface area contributed by atoms with Gasteiger partial charge in [-0.2, -0.15) is 0 Å². The molecule has 0 saturated carbocycles. The average Bonchev–Trinajstić information content (AvgIpc) is 3.09. The molecule has 7 heteroatoms. The second-order valence-corrected chi connectivity index (χ2v) is 6.49. The van der Waals surface area contributed by atoms with E-state index >= 15 is 0 Å². The number of thiazole rings is 1. The molecular formula is C18H27IN4OS. The summed E-state index contributed by atoms with van der Waals surface area (Å²) in [6.07, 6.45) is 3.93. The van der Waals surface area contributed by atoms with Crippen LogP contribution in [0.5, 0.6) is 0 Å². The van der Waals surface area contributed by atoms with Crippen molar-refractivity contribution >= 4 is 41.3 Å². The summed E-state index contributed by atoms with van der Waals surface area (Å²) < 4.78 is 5.65. The second-order valence-electron chi connectivity index (χ2n) is 5.29. The first kappa shape index (κ1) is 21.9. The minimum absolute atomic E-state index is 0. The Morgan fingerprint density at radius 3 is 2.64 bits per heavy atom. The zero-order valence-electron chi connectivity index (χ0n) is 14.8. The van der Waals surface area contributed by atoms with Crippen LogP contribution in [0.2, 0.25) is 0 Å². The number of nitrogens with one attached hydrogen (secondary N) is 2. The molecule has 0 bridgehead atoms. The van der Waals surface area contributed by atoms with Gasteiger partial charge < -0.3 is 15.4 Å². The average molecular weight is 474 g/mol. The maximum atomic E-state index is 5.65. The SMILES string of the molecule is CCc1cnc(CCNC(=NC)NCCOCc2ccccc2)s1.I. The van der Waals surface area contributed by atoms with Gasteiger partial charge in [-0.15, -0.1) is 35.3 Å². The molecule has 2 aromatic rings. The van der Waals surface area contributed by atoms with Gasteiger partial charge in [-0.25, -0.2) is 4.98 Å². The number of aryl methyl sites for hydroxylation is 1. The molecule has 25 heavy (non-hydrogen) atoms. The van der Waals surface area contributed by atoms with Gasteiger partial charge in [-0.05, 0) is 12.0 Å². The molecule has 0 unspecified atom stereocenters. The van der Waals surface area contributed by atoms with Crippen LogP contribution >= 0.6 is 35.3 Å². The van der Waals surface area contributed by atoms with E-state index in [0.717, 1.165) is 31.9 Å². The largest absolute Gasteiger partial charge is 0.375 e. The fourth-order valence-electron chi connectivity index (χ4n) is 2.14. The zero-order valence-corrected chi connectivity index (χ0v) is 18.0. The highest BCUT2D eigenvalue weighted by Gasteiger charge is 2.02. The number of hydrogen-bond acceptors (Lipinski definition) is 4. The number of aliphatic imine (C=N–C) groups is 1. The second kappa shape index (κ2) is 13.1. The molecule has 0 fully saturated rings. The molecule has 1 aromatic carbocycles. The first-order chi connectivity index (χ1) is 11.8. The van der Waals surface area contributed by atoms with Gasteiger partial charge in [0.05, 0.1) is 18.2 Å². The Kier molecular flexibility index (Phi) is 11.4. The number of hydrogen-bond donors (Lipinski definition) is 2. The minimum Gasteiger partial charge on any atom is -0.375 e. The number of ether oxygens (including phenoxy) is 1. The van der Waals surface area contributed by atoms with Gasteiger partial charge in [0.25, 0.3) is 0 Å². The quantitative estimate of drug-likeness (QED) is 0.254. The molecular weight excluding hydrogens is 447 g/mol. The lowest BCUT2D eigenvalue weighted by Crippen LogP contribution is -2.39. The smallest absolute Gasteiger partial charge is 0.191 e. The Labute approximate surface area is 171 Å². The van der Waals surface area contributed by atoms with Gasteiger partial charge in [0.1, 0.15) is 0 Å². The van der Waals surface area contributed by atoms with Crippen molar-refractivity contribution in [2.45, 2.75) is 26.4 Å². The summed E-state index contributed by atoms with van der Waals surface area (Å²) in [5, 5.41) is 7.73. The van der Waals surface area contributed by atoms with Gasteiger partial charge in [-0.3, -0.25) is 4.99 Å². The lowest BCUT2D eigenvalue weighted by atomic mass is 10.2. The normalized spacial score (nSPS) is 11.0. The lowest BCUT2D eigenvalue weighted by molar-refractivity contribution is 0.125. The van der Waals surface area contributed by atoms with Crippen LogP contribution in [0.4, 0.5) is 0 Å². The van der Waals surface area contributed by atoms with E-state index < -0.39 is 0 Å². The molecule has 0 saturated heterocycles. The summed E-state index contributed by atoms with van der Waals surface area (Å²) in [5.41, 5.74) is 1.19. The van der Waals surface area contributed by atoms with E-state index in [1.54, 1.807) is 18.4 Å². The van der Waals surface area contributed by atoms with Gasteiger partial charge in [-0.1, -0.05) is 37.3 Å². The van der Waals surface area contributed by atoms with E-state index in [2.05, 4.69) is 39.7 Å². The highest BCUT2D eigenvalue weighted by atomic mass is 127. The third kappa shape index (κ3) is 8.64. The minimum atomic E-state index is 0. The molecule has 2 rings (SSSR count). The molecule has 0 aliphatic rings. The predicted molar refractivity (Wildman–Crippen MR) is 116 cm³/mol. The van der Waals surface area contributed by atoms with Crippen molar-refractivity contribution in [2.75, 3.05) is 26.7 Å². The standard InChI is InChI=1S/C18H26N4OS.HI/c1-3-16-13-22-17(24-16)9-10-20-18(19-2)21-11-12-23-14-15-7-5-4-6-8-15;/h4-8,13H,3,9-12,14H2,1-2H3,(H2,19,20,21);1H. The Morgan fingerprint density at radius 1 is 1.20 bits per heavy atom. The molecule has 0 spiro atoms. The highest BCUT2D eigenvalue weighted by Crippen LogP contribution is 2.13. The van der Waals surface area contributed by atoms with Crippen molar-refractivity contribution < 1.29 is 4.74 Å². The van der Waals surface area contributed by atoms with Crippen LogP contribution in [0, 0.1) is 0 Å². The number of aromatic nitrogens is 1. The van der Waals surface area contributed by atoms with Crippen molar-refractivity contribution in [1.82, 2.24) is 15.6 Å². The van der Waals surface area contributed by atoms with Crippen molar-refractivity contribution in [1.29, 1.82) is 0 Å². The third-order valence-corrected chi connectivity index (χ3v) is 4.66. The number of guanidine groups is 1. The van der Waals surface area contributed by atoms with Crippen LogP contribution in [0.15, 0.2) is 41.5 Å². The zero-order chi connectivity index (χ0) is 17.0. The fourth-order valence-corrected chi connectivity index (χ4v) is 3.00. The summed E-state index contributed by atoms with van der Waals surface area (Å²) >= 11 is 1.78. The van der Waals surface area contributed by atoms with Gasteiger partial charge in [0.15, 0.2) is 5.96 Å². The topological polar surface area (TPSA) is 58.5 Å². The van der Waals surface area contributed by atoms with Crippen molar-refractivity contribution in [3.8, 4) is 0 Å². The van der Waals surface area contributed by atoms with Crippen LogP contribution in [0.1, 0.15) is 22.4 Å². The van der Waals surface area contributed by atoms with Crippen molar-refractivity contribution in [2.24, 2.45) is 4.99 Å². The van der Waals surface area contributed by atoms with E-state index in [1.165, 1.54) is 15.4 Å².